The lowest BCUT2D eigenvalue weighted by Crippen LogP contribution is -2.17. The summed E-state index contributed by atoms with van der Waals surface area (Å²) in [4.78, 5) is 1.43. The van der Waals surface area contributed by atoms with Gasteiger partial charge in [-0.05, 0) is 42.3 Å². The van der Waals surface area contributed by atoms with Crippen molar-refractivity contribution in [3.05, 3.63) is 21.9 Å². The first-order valence-electron chi connectivity index (χ1n) is 4.41. The minimum absolute atomic E-state index is 0.582. The summed E-state index contributed by atoms with van der Waals surface area (Å²) in [6.07, 6.45) is 0. The molecule has 2 atom stereocenters. The van der Waals surface area contributed by atoms with Gasteiger partial charge in [-0.1, -0.05) is 13.8 Å². The Balaban J connectivity index is 2.77. The monoisotopic (exact) mass is 183 g/mol. The molecule has 1 aromatic heterocycles. The molecule has 2 heteroatoms. The maximum atomic E-state index is 5.63. The maximum Gasteiger partial charge on any atom is 0.00490 e. The van der Waals surface area contributed by atoms with E-state index >= 15 is 0 Å². The van der Waals surface area contributed by atoms with Crippen molar-refractivity contribution in [3.63, 3.8) is 0 Å². The maximum absolute atomic E-state index is 5.63. The highest BCUT2D eigenvalue weighted by Crippen LogP contribution is 2.28. The summed E-state index contributed by atoms with van der Waals surface area (Å²) in [5.74, 6) is 1.18. The van der Waals surface area contributed by atoms with Gasteiger partial charge in [0.1, 0.15) is 0 Å². The quantitative estimate of drug-likeness (QED) is 0.766. The van der Waals surface area contributed by atoms with Gasteiger partial charge in [0, 0.05) is 4.88 Å². The van der Waals surface area contributed by atoms with Crippen molar-refractivity contribution in [1.29, 1.82) is 0 Å². The molecule has 0 fully saturated rings. The summed E-state index contributed by atoms with van der Waals surface area (Å²) in [5.41, 5.74) is 7.10. The number of hydrogen-bond donors (Lipinski definition) is 1. The lowest BCUT2D eigenvalue weighted by Gasteiger charge is -2.17. The molecule has 0 spiro atoms. The third-order valence-corrected chi connectivity index (χ3v) is 3.48. The predicted octanol–water partition coefficient (Wildman–Crippen LogP) is 2.75. The standard InChI is InChI=1S/C10H17NS/c1-7(6-11)8(2)10-4-5-12-9(10)3/h4-5,7-8H,6,11H2,1-3H3. The van der Waals surface area contributed by atoms with Crippen LogP contribution in [0.3, 0.4) is 0 Å². The molecule has 1 nitrogen and oxygen atoms in total. The first-order valence-corrected chi connectivity index (χ1v) is 5.28. The molecule has 0 aliphatic carbocycles. The number of hydrogen-bond acceptors (Lipinski definition) is 2. The fourth-order valence-corrected chi connectivity index (χ4v) is 2.19. The SMILES string of the molecule is Cc1sccc1C(C)C(C)CN. The highest BCUT2D eigenvalue weighted by atomic mass is 32.1. The second kappa shape index (κ2) is 4.06. The van der Waals surface area contributed by atoms with Crippen LogP contribution in [0.2, 0.25) is 0 Å². The Morgan fingerprint density at radius 2 is 2.17 bits per heavy atom. The van der Waals surface area contributed by atoms with Crippen LogP contribution in [0, 0.1) is 12.8 Å². The van der Waals surface area contributed by atoms with Crippen LogP contribution in [0.25, 0.3) is 0 Å². The summed E-state index contributed by atoms with van der Waals surface area (Å²) in [5, 5.41) is 2.16. The topological polar surface area (TPSA) is 26.0 Å². The van der Waals surface area contributed by atoms with Crippen molar-refractivity contribution in [3.8, 4) is 0 Å². The number of nitrogens with two attached hydrogens (primary N) is 1. The highest BCUT2D eigenvalue weighted by molar-refractivity contribution is 7.10. The molecule has 0 radical (unpaired) electrons. The fourth-order valence-electron chi connectivity index (χ4n) is 1.38. The molecule has 0 aliphatic rings. The molecule has 2 N–H and O–H groups in total. The third kappa shape index (κ3) is 1.87. The zero-order valence-electron chi connectivity index (χ0n) is 8.00. The Hall–Kier alpha value is -0.340. The summed E-state index contributed by atoms with van der Waals surface area (Å²) in [6, 6.07) is 2.22. The number of thiophene rings is 1. The minimum Gasteiger partial charge on any atom is -0.330 e. The van der Waals surface area contributed by atoms with Gasteiger partial charge >= 0.3 is 0 Å². The van der Waals surface area contributed by atoms with E-state index in [1.807, 2.05) is 11.3 Å². The molecular formula is C10H17NS. The largest absolute Gasteiger partial charge is 0.330 e. The number of aryl methyl sites for hydroxylation is 1. The van der Waals surface area contributed by atoms with Gasteiger partial charge in [-0.15, -0.1) is 11.3 Å². The van der Waals surface area contributed by atoms with Gasteiger partial charge in [0.25, 0.3) is 0 Å². The van der Waals surface area contributed by atoms with E-state index in [1.54, 1.807) is 0 Å². The van der Waals surface area contributed by atoms with E-state index in [2.05, 4.69) is 32.2 Å². The molecule has 0 saturated carbocycles. The summed E-state index contributed by atoms with van der Waals surface area (Å²) < 4.78 is 0. The first kappa shape index (κ1) is 9.75. The van der Waals surface area contributed by atoms with Crippen LogP contribution in [0.4, 0.5) is 0 Å². The normalized spacial score (nSPS) is 16.0. The lowest BCUT2D eigenvalue weighted by atomic mass is 9.89. The van der Waals surface area contributed by atoms with Crippen molar-refractivity contribution < 1.29 is 0 Å². The second-order valence-corrected chi connectivity index (χ2v) is 4.55. The Labute approximate surface area is 78.6 Å². The molecule has 12 heavy (non-hydrogen) atoms. The molecule has 1 aromatic rings. The minimum atomic E-state index is 0.582. The van der Waals surface area contributed by atoms with Crippen molar-refractivity contribution >= 4 is 11.3 Å². The molecule has 68 valence electrons. The zero-order valence-corrected chi connectivity index (χ0v) is 8.82. The van der Waals surface area contributed by atoms with E-state index in [1.165, 1.54) is 10.4 Å². The van der Waals surface area contributed by atoms with Gasteiger partial charge in [0.05, 0.1) is 0 Å². The Morgan fingerprint density at radius 1 is 1.50 bits per heavy atom. The highest BCUT2D eigenvalue weighted by Gasteiger charge is 2.14. The summed E-state index contributed by atoms with van der Waals surface area (Å²) in [7, 11) is 0. The van der Waals surface area contributed by atoms with Gasteiger partial charge in [-0.3, -0.25) is 0 Å². The van der Waals surface area contributed by atoms with Crippen LogP contribution in [0.5, 0.6) is 0 Å². The van der Waals surface area contributed by atoms with E-state index < -0.39 is 0 Å². The molecule has 0 saturated heterocycles. The Bertz CT molecular complexity index is 242. The first-order chi connectivity index (χ1) is 5.66. The van der Waals surface area contributed by atoms with Crippen LogP contribution in [0.1, 0.15) is 30.2 Å². The molecule has 0 bridgehead atoms. The summed E-state index contributed by atoms with van der Waals surface area (Å²) >= 11 is 1.82. The summed E-state index contributed by atoms with van der Waals surface area (Å²) in [6.45, 7) is 7.42. The van der Waals surface area contributed by atoms with Gasteiger partial charge in [-0.2, -0.15) is 0 Å². The molecule has 1 heterocycles. The van der Waals surface area contributed by atoms with Crippen molar-refractivity contribution in [2.75, 3.05) is 6.54 Å². The molecule has 1 rings (SSSR count). The van der Waals surface area contributed by atoms with Crippen molar-refractivity contribution in [1.82, 2.24) is 0 Å². The van der Waals surface area contributed by atoms with E-state index in [4.69, 9.17) is 5.73 Å². The average Bonchev–Trinajstić information content (AvgIpc) is 2.48. The van der Waals surface area contributed by atoms with E-state index in [-0.39, 0.29) is 0 Å². The van der Waals surface area contributed by atoms with Gasteiger partial charge in [0.15, 0.2) is 0 Å². The molecule has 0 aromatic carbocycles. The van der Waals surface area contributed by atoms with Crippen molar-refractivity contribution in [2.45, 2.75) is 26.7 Å². The molecular weight excluding hydrogens is 166 g/mol. The van der Waals surface area contributed by atoms with E-state index in [9.17, 15) is 0 Å². The van der Waals surface area contributed by atoms with Crippen LogP contribution in [0.15, 0.2) is 11.4 Å². The van der Waals surface area contributed by atoms with Crippen LogP contribution in [-0.4, -0.2) is 6.54 Å². The van der Waals surface area contributed by atoms with Gasteiger partial charge < -0.3 is 5.73 Å². The lowest BCUT2D eigenvalue weighted by molar-refractivity contribution is 0.498. The van der Waals surface area contributed by atoms with Gasteiger partial charge in [0.2, 0.25) is 0 Å². The van der Waals surface area contributed by atoms with Crippen LogP contribution in [-0.2, 0) is 0 Å². The predicted molar refractivity (Wildman–Crippen MR) is 55.7 cm³/mol. The Morgan fingerprint density at radius 3 is 2.58 bits per heavy atom. The van der Waals surface area contributed by atoms with Crippen molar-refractivity contribution in [2.24, 2.45) is 11.7 Å². The molecule has 2 unspecified atom stereocenters. The van der Waals surface area contributed by atoms with Gasteiger partial charge in [-0.25, -0.2) is 0 Å². The second-order valence-electron chi connectivity index (χ2n) is 3.43. The van der Waals surface area contributed by atoms with E-state index in [0.29, 0.717) is 11.8 Å². The van der Waals surface area contributed by atoms with E-state index in [0.717, 1.165) is 6.54 Å². The third-order valence-electron chi connectivity index (χ3n) is 2.61. The Kier molecular flexibility index (Phi) is 3.29. The molecule has 0 amide bonds. The average molecular weight is 183 g/mol. The smallest absolute Gasteiger partial charge is 0.00490 e. The fraction of sp³-hybridized carbons (Fsp3) is 0.600. The zero-order chi connectivity index (χ0) is 9.14. The van der Waals surface area contributed by atoms with Crippen LogP contribution >= 0.6 is 11.3 Å². The number of rotatable bonds is 3. The van der Waals surface area contributed by atoms with Crippen LogP contribution < -0.4 is 5.73 Å². The molecule has 0 aliphatic heterocycles.